The van der Waals surface area contributed by atoms with Crippen molar-refractivity contribution in [2.45, 2.75) is 12.8 Å². The van der Waals surface area contributed by atoms with Gasteiger partial charge in [-0.3, -0.25) is 4.99 Å². The molecule has 1 aliphatic heterocycles. The molecule has 0 aliphatic carbocycles. The Hall–Kier alpha value is -1.81. The minimum absolute atomic E-state index is 0.741. The van der Waals surface area contributed by atoms with Gasteiger partial charge in [-0.2, -0.15) is 0 Å². The third-order valence-electron chi connectivity index (χ3n) is 4.90. The Morgan fingerprint density at radius 3 is 2.57 bits per heavy atom. The second-order valence-electron chi connectivity index (χ2n) is 6.73. The molecule has 142 valence electrons. The number of hydrogen-bond donors (Lipinski definition) is 1. The molecule has 1 aliphatic rings. The number of rotatable bonds is 5. The maximum Gasteiger partial charge on any atom is 0.128 e. The van der Waals surface area contributed by atoms with E-state index in [1.54, 1.807) is 0 Å². The van der Waals surface area contributed by atoms with Crippen LogP contribution < -0.4 is 5.32 Å². The van der Waals surface area contributed by atoms with Gasteiger partial charge in [0.05, 0.1) is 6.54 Å². The van der Waals surface area contributed by atoms with Gasteiger partial charge in [0.25, 0.3) is 0 Å². The van der Waals surface area contributed by atoms with Gasteiger partial charge >= 0.3 is 0 Å². The number of hydrogen-bond acceptors (Lipinski definition) is 2. The van der Waals surface area contributed by atoms with Gasteiger partial charge < -0.3 is 5.32 Å². The molecule has 0 saturated carbocycles. The van der Waals surface area contributed by atoms with Crippen molar-refractivity contribution in [2.75, 3.05) is 13.1 Å². The molecule has 2 nitrogen and oxygen atoms in total. The Morgan fingerprint density at radius 2 is 1.79 bits per heavy atom. The molecule has 0 aromatic heterocycles. The largest absolute Gasteiger partial charge is 0.368 e. The number of aliphatic imine (C=N–C) groups is 1. The minimum Gasteiger partial charge on any atom is -0.368 e. The molecule has 1 N–H and O–H groups in total. The summed E-state index contributed by atoms with van der Waals surface area (Å²) in [5.74, 6) is 0.946. The molecule has 5 heteroatoms. The lowest BCUT2D eigenvalue weighted by Crippen LogP contribution is -2.21. The molecule has 1 heterocycles. The van der Waals surface area contributed by atoms with Gasteiger partial charge in [-0.1, -0.05) is 69.5 Å². The van der Waals surface area contributed by atoms with E-state index in [2.05, 4.69) is 56.6 Å². The zero-order valence-electron chi connectivity index (χ0n) is 15.2. The van der Waals surface area contributed by atoms with Gasteiger partial charge in [0.2, 0.25) is 0 Å². The minimum atomic E-state index is 0.741. The van der Waals surface area contributed by atoms with E-state index in [1.165, 1.54) is 11.1 Å². The summed E-state index contributed by atoms with van der Waals surface area (Å²) in [5.41, 5.74) is 5.80. The predicted molar refractivity (Wildman–Crippen MR) is 123 cm³/mol. The van der Waals surface area contributed by atoms with E-state index in [0.717, 1.165) is 63.0 Å². The van der Waals surface area contributed by atoms with Crippen LogP contribution in [-0.4, -0.2) is 18.9 Å². The lowest BCUT2D eigenvalue weighted by molar-refractivity contribution is 0.946. The zero-order chi connectivity index (χ0) is 19.5. The standard InChI is InChI=1S/C23H19BrCl2N2/c24-17-8-10-19(15-3-1-4-18(25)14-15)16(13-17)7-9-20-21(5-2-6-22(20)26)23-27-11-12-28-23/h1-6,8,10,13-14H,7,9,11-12H2,(H,27,28). The molecule has 0 radical (unpaired) electrons. The third-order valence-corrected chi connectivity index (χ3v) is 5.98. The van der Waals surface area contributed by atoms with E-state index in [4.69, 9.17) is 23.2 Å². The SMILES string of the molecule is Clc1cccc(-c2ccc(Br)cc2CCc2c(Cl)cccc2C2=NCCN2)c1. The van der Waals surface area contributed by atoms with E-state index in [0.29, 0.717) is 0 Å². The zero-order valence-corrected chi connectivity index (χ0v) is 18.3. The summed E-state index contributed by atoms with van der Waals surface area (Å²) in [6, 6.07) is 20.4. The maximum atomic E-state index is 6.57. The van der Waals surface area contributed by atoms with Crippen LogP contribution in [0.5, 0.6) is 0 Å². The predicted octanol–water partition coefficient (Wildman–Crippen LogP) is 6.56. The molecule has 28 heavy (non-hydrogen) atoms. The highest BCUT2D eigenvalue weighted by Crippen LogP contribution is 2.31. The fourth-order valence-electron chi connectivity index (χ4n) is 3.58. The van der Waals surface area contributed by atoms with E-state index >= 15 is 0 Å². The molecule has 0 spiro atoms. The molecular weight excluding hydrogens is 455 g/mol. The molecule has 0 unspecified atom stereocenters. The van der Waals surface area contributed by atoms with Crippen molar-refractivity contribution in [1.29, 1.82) is 0 Å². The molecule has 3 aromatic rings. The summed E-state index contributed by atoms with van der Waals surface area (Å²) >= 11 is 16.4. The van der Waals surface area contributed by atoms with Crippen molar-refractivity contribution in [2.24, 2.45) is 4.99 Å². The smallest absolute Gasteiger partial charge is 0.128 e. The van der Waals surface area contributed by atoms with Crippen molar-refractivity contribution >= 4 is 45.0 Å². The van der Waals surface area contributed by atoms with Gasteiger partial charge in [-0.25, -0.2) is 0 Å². The number of nitrogens with zero attached hydrogens (tertiary/aromatic N) is 1. The fraction of sp³-hybridized carbons (Fsp3) is 0.174. The van der Waals surface area contributed by atoms with E-state index in [1.807, 2.05) is 30.3 Å². The normalized spacial score (nSPS) is 13.3. The molecule has 0 fully saturated rings. The Balaban J connectivity index is 1.67. The van der Waals surface area contributed by atoms with Crippen molar-refractivity contribution in [3.8, 4) is 11.1 Å². The van der Waals surface area contributed by atoms with Crippen LogP contribution in [0.3, 0.4) is 0 Å². The van der Waals surface area contributed by atoms with Crippen molar-refractivity contribution in [3.05, 3.63) is 91.9 Å². The molecule has 0 bridgehead atoms. The van der Waals surface area contributed by atoms with Gasteiger partial charge in [-0.05, 0) is 65.4 Å². The number of aryl methyl sites for hydroxylation is 1. The first-order chi connectivity index (χ1) is 13.6. The quantitative estimate of drug-likeness (QED) is 0.445. The first kappa shape index (κ1) is 19.5. The van der Waals surface area contributed by atoms with Gasteiger partial charge in [0, 0.05) is 26.6 Å². The van der Waals surface area contributed by atoms with Crippen molar-refractivity contribution in [3.63, 3.8) is 0 Å². The van der Waals surface area contributed by atoms with Crippen LogP contribution in [-0.2, 0) is 12.8 Å². The third kappa shape index (κ3) is 4.27. The fourth-order valence-corrected chi connectivity index (χ4v) is 4.45. The molecule has 4 rings (SSSR count). The summed E-state index contributed by atoms with van der Waals surface area (Å²) in [7, 11) is 0. The first-order valence-electron chi connectivity index (χ1n) is 9.22. The lowest BCUT2D eigenvalue weighted by atomic mass is 9.93. The van der Waals surface area contributed by atoms with E-state index < -0.39 is 0 Å². The summed E-state index contributed by atoms with van der Waals surface area (Å²) in [6.45, 7) is 1.69. The molecule has 0 saturated heterocycles. The van der Waals surface area contributed by atoms with Crippen molar-refractivity contribution < 1.29 is 0 Å². The molecule has 0 atom stereocenters. The Labute approximate surface area is 183 Å². The van der Waals surface area contributed by atoms with Gasteiger partial charge in [0.1, 0.15) is 5.84 Å². The highest BCUT2D eigenvalue weighted by atomic mass is 79.9. The van der Waals surface area contributed by atoms with Crippen LogP contribution >= 0.6 is 39.1 Å². The summed E-state index contributed by atoms with van der Waals surface area (Å²) in [6.07, 6.45) is 1.70. The summed E-state index contributed by atoms with van der Waals surface area (Å²) in [4.78, 5) is 4.58. The lowest BCUT2D eigenvalue weighted by Gasteiger charge is -2.15. The summed E-state index contributed by atoms with van der Waals surface area (Å²) < 4.78 is 1.06. The number of nitrogens with one attached hydrogen (secondary N) is 1. The number of benzene rings is 3. The second-order valence-corrected chi connectivity index (χ2v) is 8.49. The Kier molecular flexibility index (Phi) is 6.05. The van der Waals surface area contributed by atoms with Crippen LogP contribution in [0.4, 0.5) is 0 Å². The highest BCUT2D eigenvalue weighted by molar-refractivity contribution is 9.10. The number of amidine groups is 1. The van der Waals surface area contributed by atoms with Crippen LogP contribution in [0.1, 0.15) is 16.7 Å². The Morgan fingerprint density at radius 1 is 0.929 bits per heavy atom. The maximum absolute atomic E-state index is 6.57. The van der Waals surface area contributed by atoms with Crippen LogP contribution in [0.2, 0.25) is 10.0 Å². The van der Waals surface area contributed by atoms with Crippen LogP contribution in [0.15, 0.2) is 70.1 Å². The summed E-state index contributed by atoms with van der Waals surface area (Å²) in [5, 5.41) is 4.89. The number of halogens is 3. The van der Waals surface area contributed by atoms with E-state index in [9.17, 15) is 0 Å². The monoisotopic (exact) mass is 472 g/mol. The van der Waals surface area contributed by atoms with Crippen LogP contribution in [0, 0.1) is 0 Å². The average molecular weight is 474 g/mol. The molecular formula is C23H19BrCl2N2. The molecule has 0 amide bonds. The van der Waals surface area contributed by atoms with Gasteiger partial charge in [0.15, 0.2) is 0 Å². The first-order valence-corrected chi connectivity index (χ1v) is 10.8. The van der Waals surface area contributed by atoms with Crippen molar-refractivity contribution in [1.82, 2.24) is 5.32 Å². The van der Waals surface area contributed by atoms with Gasteiger partial charge in [-0.15, -0.1) is 0 Å². The average Bonchev–Trinajstić information content (AvgIpc) is 3.21. The van der Waals surface area contributed by atoms with E-state index in [-0.39, 0.29) is 0 Å². The highest BCUT2D eigenvalue weighted by Gasteiger charge is 2.16. The second kappa shape index (κ2) is 8.69. The topological polar surface area (TPSA) is 24.4 Å². The molecule has 3 aromatic carbocycles. The Bertz CT molecular complexity index is 1050. The van der Waals surface area contributed by atoms with Crippen LogP contribution in [0.25, 0.3) is 11.1 Å².